The number of imidazole rings is 1. The third-order valence-electron chi connectivity index (χ3n) is 6.71. The molecule has 0 unspecified atom stereocenters. The van der Waals surface area contributed by atoms with Gasteiger partial charge in [0.05, 0.1) is 24.7 Å². The van der Waals surface area contributed by atoms with Crippen LogP contribution in [0.2, 0.25) is 0 Å². The first-order valence-corrected chi connectivity index (χ1v) is 14.2. The topological polar surface area (TPSA) is 269 Å². The van der Waals surface area contributed by atoms with Gasteiger partial charge in [-0.2, -0.15) is 23.1 Å². The van der Waals surface area contributed by atoms with Gasteiger partial charge in [-0.3, -0.25) is 13.5 Å². The van der Waals surface area contributed by atoms with Crippen molar-refractivity contribution in [3.63, 3.8) is 0 Å². The SMILES string of the molecule is Nc1ccc(-c2cn(-c3nc(N)c4ncn([C@@H]5O[C@H](COS(=O)(=O)NC(=O)c6ccccc6O)[C@@H](O)[C@H]5O)c4n3)nn2)cc1. The highest BCUT2D eigenvalue weighted by Crippen LogP contribution is 2.33. The average Bonchev–Trinajstić information content (AvgIpc) is 3.71. The Morgan fingerprint density at radius 3 is 2.57 bits per heavy atom. The summed E-state index contributed by atoms with van der Waals surface area (Å²) in [7, 11) is -4.70. The van der Waals surface area contributed by atoms with Crippen LogP contribution in [0.5, 0.6) is 5.75 Å². The summed E-state index contributed by atoms with van der Waals surface area (Å²) in [5, 5.41) is 39.4. The van der Waals surface area contributed by atoms with Crippen LogP contribution in [0.1, 0.15) is 16.6 Å². The lowest BCUT2D eigenvalue weighted by atomic mass is 10.1. The van der Waals surface area contributed by atoms with E-state index in [0.29, 0.717) is 11.4 Å². The van der Waals surface area contributed by atoms with E-state index in [2.05, 4.69) is 25.3 Å². The number of anilines is 2. The fourth-order valence-corrected chi connectivity index (χ4v) is 5.19. The summed E-state index contributed by atoms with van der Waals surface area (Å²) in [4.78, 5) is 25.1. The van der Waals surface area contributed by atoms with Gasteiger partial charge in [-0.1, -0.05) is 29.5 Å². The minimum atomic E-state index is -4.70. The number of rotatable bonds is 8. The maximum absolute atomic E-state index is 12.4. The van der Waals surface area contributed by atoms with Crippen molar-refractivity contribution < 1.29 is 37.5 Å². The molecule has 44 heavy (non-hydrogen) atoms. The molecule has 18 nitrogen and oxygen atoms in total. The maximum atomic E-state index is 12.4. The molecule has 228 valence electrons. The number of hydrogen-bond donors (Lipinski definition) is 6. The number of carbonyl (C=O) groups is 1. The number of aromatic nitrogens is 7. The number of aliphatic hydroxyl groups excluding tert-OH is 2. The number of carbonyl (C=O) groups excluding carboxylic acids is 1. The molecule has 1 amide bonds. The monoisotopic (exact) mass is 624 g/mol. The molecule has 0 bridgehead atoms. The first-order valence-electron chi connectivity index (χ1n) is 12.8. The highest BCUT2D eigenvalue weighted by atomic mass is 32.2. The predicted molar refractivity (Wildman–Crippen MR) is 151 cm³/mol. The van der Waals surface area contributed by atoms with E-state index in [1.807, 2.05) is 0 Å². The normalized spacial score (nSPS) is 20.2. The molecule has 0 radical (unpaired) electrons. The Hall–Kier alpha value is -5.21. The van der Waals surface area contributed by atoms with Crippen LogP contribution in [0, 0.1) is 0 Å². The number of aromatic hydroxyl groups is 1. The van der Waals surface area contributed by atoms with E-state index < -0.39 is 53.1 Å². The summed E-state index contributed by atoms with van der Waals surface area (Å²) in [6.45, 7) is -0.778. The number of phenolic OH excluding ortho intramolecular Hbond substituents is 1. The number of hydrogen-bond acceptors (Lipinski definition) is 15. The Labute approximate surface area is 247 Å². The average molecular weight is 625 g/mol. The molecule has 19 heteroatoms. The van der Waals surface area contributed by atoms with Crippen molar-refractivity contribution in [2.24, 2.45) is 0 Å². The minimum Gasteiger partial charge on any atom is -0.507 e. The number of nitrogen functional groups attached to an aromatic ring is 2. The molecule has 8 N–H and O–H groups in total. The van der Waals surface area contributed by atoms with E-state index >= 15 is 0 Å². The number of phenols is 1. The second kappa shape index (κ2) is 11.1. The van der Waals surface area contributed by atoms with E-state index in [1.54, 1.807) is 35.2 Å². The lowest BCUT2D eigenvalue weighted by molar-refractivity contribution is -0.0468. The molecule has 5 aromatic rings. The van der Waals surface area contributed by atoms with Gasteiger partial charge in [0.1, 0.15) is 35.3 Å². The lowest BCUT2D eigenvalue weighted by Gasteiger charge is -2.16. The molecule has 1 aliphatic heterocycles. The van der Waals surface area contributed by atoms with Crippen molar-refractivity contribution in [3.8, 4) is 23.0 Å². The molecule has 0 spiro atoms. The molecule has 1 fully saturated rings. The summed E-state index contributed by atoms with van der Waals surface area (Å²) in [6, 6.07) is 12.3. The largest absolute Gasteiger partial charge is 0.507 e. The van der Waals surface area contributed by atoms with Gasteiger partial charge < -0.3 is 31.5 Å². The maximum Gasteiger partial charge on any atom is 0.362 e. The molecule has 4 atom stereocenters. The third-order valence-corrected chi connectivity index (χ3v) is 7.59. The van der Waals surface area contributed by atoms with E-state index in [4.69, 9.17) is 20.4 Å². The zero-order chi connectivity index (χ0) is 31.2. The molecule has 1 saturated heterocycles. The molecule has 4 heterocycles. The number of fused-ring (bicyclic) bond motifs is 1. The van der Waals surface area contributed by atoms with Gasteiger partial charge >= 0.3 is 10.3 Å². The Kier molecular flexibility index (Phi) is 7.31. The number of ether oxygens (including phenoxy) is 1. The van der Waals surface area contributed by atoms with Crippen molar-refractivity contribution in [1.82, 2.24) is 39.2 Å². The second-order valence-corrected chi connectivity index (χ2v) is 11.0. The molecule has 6 rings (SSSR count). The molecule has 0 saturated carbocycles. The van der Waals surface area contributed by atoms with Crippen molar-refractivity contribution in [3.05, 3.63) is 66.6 Å². The minimum absolute atomic E-state index is 0.0187. The van der Waals surface area contributed by atoms with Crippen molar-refractivity contribution >= 4 is 38.9 Å². The molecule has 2 aromatic carbocycles. The number of aliphatic hydroxyl groups is 2. The smallest absolute Gasteiger partial charge is 0.362 e. The quantitative estimate of drug-likeness (QED) is 0.116. The van der Waals surface area contributed by atoms with Crippen LogP contribution in [0.4, 0.5) is 11.5 Å². The molecular formula is C25H24N10O8S. The number of nitrogens with zero attached hydrogens (tertiary/aromatic N) is 7. The third kappa shape index (κ3) is 5.47. The molecule has 3 aromatic heterocycles. The van der Waals surface area contributed by atoms with E-state index in [1.165, 1.54) is 39.8 Å². The fourth-order valence-electron chi connectivity index (χ4n) is 4.48. The van der Waals surface area contributed by atoms with E-state index in [9.17, 15) is 28.5 Å². The summed E-state index contributed by atoms with van der Waals surface area (Å²) in [6.07, 6.45) is -3.02. The van der Waals surface area contributed by atoms with Crippen LogP contribution in [-0.2, 0) is 19.2 Å². The van der Waals surface area contributed by atoms with Crippen LogP contribution in [-0.4, -0.2) is 89.1 Å². The number of nitrogens with one attached hydrogen (secondary N) is 1. The number of para-hydroxylation sites is 1. The molecule has 0 aliphatic carbocycles. The Balaban J connectivity index is 1.20. The number of benzene rings is 2. The predicted octanol–water partition coefficient (Wildman–Crippen LogP) is -0.745. The van der Waals surface area contributed by atoms with Gasteiger partial charge in [-0.15, -0.1) is 5.10 Å². The van der Waals surface area contributed by atoms with Gasteiger partial charge in [0.25, 0.3) is 11.9 Å². The van der Waals surface area contributed by atoms with Crippen LogP contribution >= 0.6 is 0 Å². The van der Waals surface area contributed by atoms with E-state index in [-0.39, 0.29) is 28.5 Å². The second-order valence-electron chi connectivity index (χ2n) is 9.64. The fraction of sp³-hybridized carbons (Fsp3) is 0.200. The standard InChI is InChI=1S/C25H24N10O8S/c26-13-7-5-12(6-8-13)15-9-35(33-31-15)25-29-21(27)18-22(30-25)34(11-28-18)24-20(38)19(37)17(43-24)10-42-44(40,41)32-23(39)14-3-1-2-4-16(14)36/h1-9,11,17,19-20,24,36-38H,10,26H2,(H,32,39)(H2,27,29,30)/t17-,19-,20-,24-/m1/s1. The van der Waals surface area contributed by atoms with Gasteiger partial charge in [-0.05, 0) is 24.3 Å². The van der Waals surface area contributed by atoms with Crippen LogP contribution in [0.25, 0.3) is 28.4 Å². The summed E-state index contributed by atoms with van der Waals surface area (Å²) in [5.74, 6) is -1.58. The van der Waals surface area contributed by atoms with Gasteiger partial charge in [-0.25, -0.2) is 9.71 Å². The number of amides is 1. The van der Waals surface area contributed by atoms with Gasteiger partial charge in [0.15, 0.2) is 17.7 Å². The first kappa shape index (κ1) is 28.9. The summed E-state index contributed by atoms with van der Waals surface area (Å²) in [5.41, 5.74) is 13.7. The highest BCUT2D eigenvalue weighted by molar-refractivity contribution is 7.85. The zero-order valence-corrected chi connectivity index (χ0v) is 23.2. The molecular weight excluding hydrogens is 600 g/mol. The van der Waals surface area contributed by atoms with Crippen molar-refractivity contribution in [2.75, 3.05) is 18.1 Å². The van der Waals surface area contributed by atoms with Crippen molar-refractivity contribution in [2.45, 2.75) is 24.5 Å². The molecule has 1 aliphatic rings. The number of nitrogens with two attached hydrogens (primary N) is 2. The Bertz CT molecular complexity index is 1960. The summed E-state index contributed by atoms with van der Waals surface area (Å²) < 4.78 is 39.5. The van der Waals surface area contributed by atoms with Crippen LogP contribution in [0.3, 0.4) is 0 Å². The lowest BCUT2D eigenvalue weighted by Crippen LogP contribution is -2.37. The van der Waals surface area contributed by atoms with E-state index in [0.717, 1.165) is 5.56 Å². The highest BCUT2D eigenvalue weighted by Gasteiger charge is 2.45. The first-order chi connectivity index (χ1) is 21.0. The van der Waals surface area contributed by atoms with Crippen LogP contribution in [0.15, 0.2) is 61.1 Å². The van der Waals surface area contributed by atoms with Gasteiger partial charge in [0, 0.05) is 11.3 Å². The Morgan fingerprint density at radius 1 is 1.07 bits per heavy atom. The summed E-state index contributed by atoms with van der Waals surface area (Å²) >= 11 is 0. The van der Waals surface area contributed by atoms with Gasteiger partial charge in [0.2, 0.25) is 0 Å². The Morgan fingerprint density at radius 2 is 1.82 bits per heavy atom. The van der Waals surface area contributed by atoms with Crippen LogP contribution < -0.4 is 16.2 Å². The van der Waals surface area contributed by atoms with Crippen molar-refractivity contribution in [1.29, 1.82) is 0 Å². The zero-order valence-electron chi connectivity index (χ0n) is 22.4.